The Morgan fingerprint density at radius 3 is 2.73 bits per heavy atom. The third kappa shape index (κ3) is 3.76. The van der Waals surface area contributed by atoms with E-state index in [1.165, 1.54) is 18.2 Å². The third-order valence-electron chi connectivity index (χ3n) is 5.15. The molecule has 2 saturated heterocycles. The average Bonchev–Trinajstić information content (AvgIpc) is 3.07. The van der Waals surface area contributed by atoms with E-state index < -0.39 is 9.84 Å². The van der Waals surface area contributed by atoms with Crippen LogP contribution in [0.4, 0.5) is 5.69 Å². The molecule has 0 saturated carbocycles. The van der Waals surface area contributed by atoms with E-state index in [0.29, 0.717) is 11.5 Å². The Labute approximate surface area is 158 Å². The molecule has 2 fully saturated rings. The molecule has 0 radical (unpaired) electrons. The Morgan fingerprint density at radius 2 is 2.04 bits per heavy atom. The molecule has 0 aromatic heterocycles. The number of sulfone groups is 1. The van der Waals surface area contributed by atoms with Crippen LogP contribution < -0.4 is 5.32 Å². The summed E-state index contributed by atoms with van der Waals surface area (Å²) in [6.45, 7) is 3.85. The van der Waals surface area contributed by atoms with Crippen molar-refractivity contribution in [2.24, 2.45) is 10.9 Å². The first-order chi connectivity index (χ1) is 12.4. The third-order valence-corrected chi connectivity index (χ3v) is 8.29. The number of carbonyl (C=O) groups is 1. The van der Waals surface area contributed by atoms with Crippen LogP contribution >= 0.6 is 11.8 Å². The molecule has 0 bridgehead atoms. The fourth-order valence-corrected chi connectivity index (χ4v) is 7.47. The Morgan fingerprint density at radius 1 is 1.27 bits per heavy atom. The zero-order valence-corrected chi connectivity index (χ0v) is 16.4. The van der Waals surface area contributed by atoms with Gasteiger partial charge >= 0.3 is 0 Å². The number of likely N-dealkylation sites (tertiary alicyclic amines) is 1. The second-order valence-electron chi connectivity index (χ2n) is 7.44. The monoisotopic (exact) mass is 393 g/mol. The molecule has 1 amide bonds. The molecule has 4 rings (SSSR count). The van der Waals surface area contributed by atoms with E-state index >= 15 is 0 Å². The number of carbonyl (C=O) groups excluding carboxylic acids is 1. The molecule has 1 aromatic carbocycles. The van der Waals surface area contributed by atoms with E-state index in [1.807, 2.05) is 29.2 Å². The Kier molecular flexibility index (Phi) is 4.73. The van der Waals surface area contributed by atoms with Gasteiger partial charge in [0.1, 0.15) is 0 Å². The molecule has 3 heterocycles. The van der Waals surface area contributed by atoms with Crippen LogP contribution in [0.15, 0.2) is 29.3 Å². The van der Waals surface area contributed by atoms with Gasteiger partial charge in [0.15, 0.2) is 15.0 Å². The standard InChI is InChI=1S/C18H23N3O3S2/c1-12-3-2-8-21(9-12)17(22)13-4-6-14(7-5-13)19-18-20-15-10-26(23,24)11-16(15)25-18/h4-7,12,15-16H,2-3,8-11H2,1H3,(H,19,20). The normalized spacial score (nSPS) is 30.0. The summed E-state index contributed by atoms with van der Waals surface area (Å²) in [5, 5.41) is 4.04. The zero-order chi connectivity index (χ0) is 18.3. The number of aliphatic imine (C=N–C) groups is 1. The topological polar surface area (TPSA) is 78.8 Å². The van der Waals surface area contributed by atoms with Crippen molar-refractivity contribution in [2.75, 3.05) is 29.9 Å². The molecule has 1 aromatic rings. The smallest absolute Gasteiger partial charge is 0.253 e. The molecule has 0 aliphatic carbocycles. The summed E-state index contributed by atoms with van der Waals surface area (Å²) in [5.74, 6) is 1.01. The van der Waals surface area contributed by atoms with E-state index in [0.717, 1.165) is 30.4 Å². The minimum absolute atomic E-state index is 0.0319. The maximum atomic E-state index is 12.6. The van der Waals surface area contributed by atoms with E-state index in [9.17, 15) is 13.2 Å². The van der Waals surface area contributed by atoms with Crippen LogP contribution in [0.5, 0.6) is 0 Å². The molecule has 6 nitrogen and oxygen atoms in total. The van der Waals surface area contributed by atoms with Crippen molar-refractivity contribution < 1.29 is 13.2 Å². The van der Waals surface area contributed by atoms with E-state index in [2.05, 4.69) is 17.2 Å². The van der Waals surface area contributed by atoms with Gasteiger partial charge in [0.25, 0.3) is 5.91 Å². The van der Waals surface area contributed by atoms with Crippen molar-refractivity contribution in [3.63, 3.8) is 0 Å². The van der Waals surface area contributed by atoms with Crippen LogP contribution in [0.2, 0.25) is 0 Å². The van der Waals surface area contributed by atoms with Gasteiger partial charge in [0.2, 0.25) is 0 Å². The van der Waals surface area contributed by atoms with Gasteiger partial charge in [-0.25, -0.2) is 8.42 Å². The summed E-state index contributed by atoms with van der Waals surface area (Å²) in [7, 11) is -2.93. The first-order valence-corrected chi connectivity index (χ1v) is 11.7. The van der Waals surface area contributed by atoms with Crippen molar-refractivity contribution >= 4 is 38.4 Å². The van der Waals surface area contributed by atoms with Crippen LogP contribution in [-0.4, -0.2) is 60.3 Å². The first kappa shape index (κ1) is 17.9. The van der Waals surface area contributed by atoms with Gasteiger partial charge in [-0.15, -0.1) is 0 Å². The van der Waals surface area contributed by atoms with Crippen LogP contribution in [0.1, 0.15) is 30.1 Å². The molecule has 8 heteroatoms. The Hall–Kier alpha value is -1.54. The highest BCUT2D eigenvalue weighted by Crippen LogP contribution is 2.34. The quantitative estimate of drug-likeness (QED) is 0.834. The highest BCUT2D eigenvalue weighted by atomic mass is 32.2. The number of benzene rings is 1. The van der Waals surface area contributed by atoms with Crippen molar-refractivity contribution in [3.05, 3.63) is 29.8 Å². The summed E-state index contributed by atoms with van der Waals surface area (Å²) in [6.07, 6.45) is 2.26. The average molecular weight is 394 g/mol. The highest BCUT2D eigenvalue weighted by Gasteiger charge is 2.42. The molecule has 3 aliphatic heterocycles. The second kappa shape index (κ2) is 6.88. The number of amides is 1. The van der Waals surface area contributed by atoms with Gasteiger partial charge in [-0.05, 0) is 43.0 Å². The summed E-state index contributed by atoms with van der Waals surface area (Å²) >= 11 is 1.50. The number of hydrogen-bond acceptors (Lipinski definition) is 6. The van der Waals surface area contributed by atoms with Crippen LogP contribution in [0.25, 0.3) is 0 Å². The molecule has 26 heavy (non-hydrogen) atoms. The summed E-state index contributed by atoms with van der Waals surface area (Å²) < 4.78 is 23.2. The van der Waals surface area contributed by atoms with Crippen molar-refractivity contribution in [1.29, 1.82) is 0 Å². The lowest BCUT2D eigenvalue weighted by Gasteiger charge is -2.31. The molecular formula is C18H23N3O3S2. The fraction of sp³-hybridized carbons (Fsp3) is 0.556. The number of amidine groups is 1. The molecule has 0 spiro atoms. The molecule has 3 atom stereocenters. The predicted molar refractivity (Wildman–Crippen MR) is 106 cm³/mol. The van der Waals surface area contributed by atoms with Crippen molar-refractivity contribution in [3.8, 4) is 0 Å². The van der Waals surface area contributed by atoms with E-state index in [-0.39, 0.29) is 28.7 Å². The van der Waals surface area contributed by atoms with E-state index in [1.54, 1.807) is 0 Å². The molecule has 140 valence electrons. The number of hydrogen-bond donors (Lipinski definition) is 1. The van der Waals surface area contributed by atoms with Crippen LogP contribution in [0, 0.1) is 5.92 Å². The Balaban J connectivity index is 1.39. The van der Waals surface area contributed by atoms with Crippen molar-refractivity contribution in [1.82, 2.24) is 4.90 Å². The maximum Gasteiger partial charge on any atom is 0.253 e. The number of nitrogens with one attached hydrogen (secondary N) is 1. The number of thioether (sulfide) groups is 1. The number of anilines is 1. The zero-order valence-electron chi connectivity index (χ0n) is 14.7. The van der Waals surface area contributed by atoms with Gasteiger partial charge in [0, 0.05) is 29.6 Å². The molecule has 3 aliphatic rings. The Bertz CT molecular complexity index is 836. The highest BCUT2D eigenvalue weighted by molar-refractivity contribution is 8.15. The summed E-state index contributed by atoms with van der Waals surface area (Å²) in [5.41, 5.74) is 1.57. The van der Waals surface area contributed by atoms with E-state index in [4.69, 9.17) is 0 Å². The first-order valence-electron chi connectivity index (χ1n) is 9.01. The van der Waals surface area contributed by atoms with Crippen LogP contribution in [0.3, 0.4) is 0 Å². The number of piperidine rings is 1. The number of nitrogens with zero attached hydrogens (tertiary/aromatic N) is 2. The molecule has 1 N–H and O–H groups in total. The van der Waals surface area contributed by atoms with Crippen LogP contribution in [-0.2, 0) is 9.84 Å². The lowest BCUT2D eigenvalue weighted by atomic mass is 9.99. The molecule has 3 unspecified atom stereocenters. The fourth-order valence-electron chi connectivity index (χ4n) is 3.79. The van der Waals surface area contributed by atoms with Gasteiger partial charge in [0.05, 0.1) is 17.5 Å². The summed E-state index contributed by atoms with van der Waals surface area (Å²) in [6, 6.07) is 7.32. The van der Waals surface area contributed by atoms with Gasteiger partial charge in [-0.3, -0.25) is 9.79 Å². The number of rotatable bonds is 2. The largest absolute Gasteiger partial charge is 0.338 e. The van der Waals surface area contributed by atoms with Gasteiger partial charge in [-0.2, -0.15) is 0 Å². The minimum atomic E-state index is -2.93. The summed E-state index contributed by atoms with van der Waals surface area (Å²) in [4.78, 5) is 19.0. The minimum Gasteiger partial charge on any atom is -0.338 e. The van der Waals surface area contributed by atoms with Gasteiger partial charge in [-0.1, -0.05) is 18.7 Å². The maximum absolute atomic E-state index is 12.6. The predicted octanol–water partition coefficient (Wildman–Crippen LogP) is 2.24. The molecular weight excluding hydrogens is 370 g/mol. The van der Waals surface area contributed by atoms with Gasteiger partial charge < -0.3 is 10.2 Å². The SMILES string of the molecule is CC1CCCN(C(=O)c2ccc(NC3=NC4CS(=O)(=O)CC4S3)cc2)C1. The lowest BCUT2D eigenvalue weighted by molar-refractivity contribution is 0.0683. The lowest BCUT2D eigenvalue weighted by Crippen LogP contribution is -2.39. The van der Waals surface area contributed by atoms with Crippen molar-refractivity contribution in [2.45, 2.75) is 31.1 Å². The second-order valence-corrected chi connectivity index (χ2v) is 10.8. The number of fused-ring (bicyclic) bond motifs is 1.